The van der Waals surface area contributed by atoms with E-state index in [0.717, 1.165) is 10.8 Å². The van der Waals surface area contributed by atoms with Crippen LogP contribution in [0.3, 0.4) is 0 Å². The molecule has 1 aliphatic carbocycles. The third kappa shape index (κ3) is 1.16. The molecule has 1 aliphatic rings. The minimum Gasteiger partial charge on any atom is -0.223 e. The molecule has 0 N–H and O–H groups in total. The number of alkyl halides is 1. The highest BCUT2D eigenvalue weighted by atomic mass is 35.5. The van der Waals surface area contributed by atoms with Crippen molar-refractivity contribution in [3.05, 3.63) is 10.8 Å². The van der Waals surface area contributed by atoms with E-state index in [1.165, 1.54) is 24.4 Å². The molecule has 4 heteroatoms. The summed E-state index contributed by atoms with van der Waals surface area (Å²) in [6.45, 7) is 0. The van der Waals surface area contributed by atoms with Crippen LogP contribution in [0.4, 0.5) is 0 Å². The second-order valence-corrected chi connectivity index (χ2v) is 3.56. The molecular weight excluding hydrogens is 168 g/mol. The van der Waals surface area contributed by atoms with E-state index in [2.05, 4.69) is 9.36 Å². The van der Waals surface area contributed by atoms with Crippen LogP contribution in [0.5, 0.6) is 0 Å². The third-order valence-corrected chi connectivity index (χ3v) is 2.68. The van der Waals surface area contributed by atoms with Crippen molar-refractivity contribution in [3.63, 3.8) is 0 Å². The summed E-state index contributed by atoms with van der Waals surface area (Å²) >= 11 is 7.00. The summed E-state index contributed by atoms with van der Waals surface area (Å²) in [6.07, 6.45) is 2.52. The molecule has 0 spiro atoms. The Hall–Kier alpha value is -0.150. The molecule has 54 valence electrons. The Kier molecular flexibility index (Phi) is 1.62. The summed E-state index contributed by atoms with van der Waals surface area (Å²) < 4.78 is 4.20. The summed E-state index contributed by atoms with van der Waals surface area (Å²) in [6, 6.07) is 0. The zero-order chi connectivity index (χ0) is 6.97. The van der Waals surface area contributed by atoms with Gasteiger partial charge in [0.25, 0.3) is 0 Å². The van der Waals surface area contributed by atoms with Gasteiger partial charge in [0.15, 0.2) is 0 Å². The molecule has 0 unspecified atom stereocenters. The van der Waals surface area contributed by atoms with Crippen molar-refractivity contribution in [2.45, 2.75) is 24.6 Å². The number of hydrogen-bond donors (Lipinski definition) is 0. The molecular formula is C6H7ClN2S. The van der Waals surface area contributed by atoms with E-state index in [1.54, 1.807) is 0 Å². The molecule has 2 nitrogen and oxygen atoms in total. The van der Waals surface area contributed by atoms with Gasteiger partial charge >= 0.3 is 0 Å². The molecule has 0 atom stereocenters. The number of halogens is 1. The van der Waals surface area contributed by atoms with Crippen LogP contribution in [0.2, 0.25) is 0 Å². The molecule has 1 fully saturated rings. The van der Waals surface area contributed by atoms with Gasteiger partial charge < -0.3 is 0 Å². The molecule has 1 aromatic heterocycles. The lowest BCUT2D eigenvalue weighted by atomic mass is 10.4. The number of nitrogens with zero attached hydrogens (tertiary/aromatic N) is 2. The molecule has 0 saturated heterocycles. The van der Waals surface area contributed by atoms with Crippen LogP contribution in [0.25, 0.3) is 0 Å². The van der Waals surface area contributed by atoms with Gasteiger partial charge in [-0.15, -0.1) is 11.6 Å². The second kappa shape index (κ2) is 2.47. The fraction of sp³-hybridized carbons (Fsp3) is 0.667. The first kappa shape index (κ1) is 6.55. The normalized spacial score (nSPS) is 17.7. The van der Waals surface area contributed by atoms with Crippen molar-refractivity contribution in [2.24, 2.45) is 0 Å². The zero-order valence-electron chi connectivity index (χ0n) is 5.38. The van der Waals surface area contributed by atoms with Crippen LogP contribution in [-0.2, 0) is 5.88 Å². The highest BCUT2D eigenvalue weighted by Gasteiger charge is 2.27. The van der Waals surface area contributed by atoms with Gasteiger partial charge in [0.1, 0.15) is 10.8 Å². The first-order chi connectivity index (χ1) is 4.90. The quantitative estimate of drug-likeness (QED) is 0.643. The summed E-state index contributed by atoms with van der Waals surface area (Å²) in [4.78, 5) is 4.27. The SMILES string of the molecule is ClCc1nc(C2CC2)ns1. The molecule has 1 heterocycles. The first-order valence-corrected chi connectivity index (χ1v) is 4.59. The molecule has 0 aliphatic heterocycles. The molecule has 1 saturated carbocycles. The Morgan fingerprint density at radius 2 is 2.40 bits per heavy atom. The van der Waals surface area contributed by atoms with Gasteiger partial charge in [-0.25, -0.2) is 4.98 Å². The Morgan fingerprint density at radius 3 is 2.90 bits per heavy atom. The highest BCUT2D eigenvalue weighted by Crippen LogP contribution is 2.38. The lowest BCUT2D eigenvalue weighted by Gasteiger charge is -1.81. The van der Waals surface area contributed by atoms with Crippen LogP contribution in [0.1, 0.15) is 29.6 Å². The van der Waals surface area contributed by atoms with E-state index >= 15 is 0 Å². The van der Waals surface area contributed by atoms with Crippen LogP contribution in [0, 0.1) is 0 Å². The Bertz CT molecular complexity index is 231. The summed E-state index contributed by atoms with van der Waals surface area (Å²) in [7, 11) is 0. The van der Waals surface area contributed by atoms with E-state index in [-0.39, 0.29) is 0 Å². The standard InChI is InChI=1S/C6H7ClN2S/c7-3-5-8-6(9-10-5)4-1-2-4/h4H,1-3H2. The molecule has 1 aromatic rings. The smallest absolute Gasteiger partial charge is 0.145 e. The molecule has 0 bridgehead atoms. The molecule has 0 aromatic carbocycles. The van der Waals surface area contributed by atoms with Gasteiger partial charge in [-0.05, 0) is 24.4 Å². The summed E-state index contributed by atoms with van der Waals surface area (Å²) in [5.41, 5.74) is 0. The minimum absolute atomic E-state index is 0.504. The van der Waals surface area contributed by atoms with Crippen LogP contribution in [-0.4, -0.2) is 9.36 Å². The maximum atomic E-state index is 5.57. The van der Waals surface area contributed by atoms with Crippen molar-refractivity contribution in [3.8, 4) is 0 Å². The Balaban J connectivity index is 2.19. The van der Waals surface area contributed by atoms with Crippen molar-refractivity contribution in [2.75, 3.05) is 0 Å². The summed E-state index contributed by atoms with van der Waals surface area (Å²) in [5, 5.41) is 0.948. The largest absolute Gasteiger partial charge is 0.223 e. The van der Waals surface area contributed by atoms with E-state index in [0.29, 0.717) is 11.8 Å². The van der Waals surface area contributed by atoms with Crippen LogP contribution < -0.4 is 0 Å². The maximum Gasteiger partial charge on any atom is 0.145 e. The number of aromatic nitrogens is 2. The van der Waals surface area contributed by atoms with Gasteiger partial charge in [0.2, 0.25) is 0 Å². The van der Waals surface area contributed by atoms with Gasteiger partial charge in [0, 0.05) is 5.92 Å². The fourth-order valence-electron chi connectivity index (χ4n) is 0.830. The maximum absolute atomic E-state index is 5.57. The Labute approximate surface area is 68.4 Å². The highest BCUT2D eigenvalue weighted by molar-refractivity contribution is 7.05. The lowest BCUT2D eigenvalue weighted by molar-refractivity contribution is 0.970. The monoisotopic (exact) mass is 174 g/mol. The van der Waals surface area contributed by atoms with E-state index in [1.807, 2.05) is 0 Å². The van der Waals surface area contributed by atoms with E-state index < -0.39 is 0 Å². The van der Waals surface area contributed by atoms with E-state index in [9.17, 15) is 0 Å². The Morgan fingerprint density at radius 1 is 1.60 bits per heavy atom. The van der Waals surface area contributed by atoms with Gasteiger partial charge in [-0.2, -0.15) is 4.37 Å². The average molecular weight is 175 g/mol. The minimum atomic E-state index is 0.504. The molecule has 0 radical (unpaired) electrons. The summed E-state index contributed by atoms with van der Waals surface area (Å²) in [5.74, 6) is 2.18. The second-order valence-electron chi connectivity index (χ2n) is 2.45. The zero-order valence-corrected chi connectivity index (χ0v) is 6.95. The topological polar surface area (TPSA) is 25.8 Å². The van der Waals surface area contributed by atoms with Crippen LogP contribution in [0.15, 0.2) is 0 Å². The molecule has 10 heavy (non-hydrogen) atoms. The predicted octanol–water partition coefficient (Wildman–Crippen LogP) is 2.15. The fourth-order valence-corrected chi connectivity index (χ4v) is 1.61. The third-order valence-electron chi connectivity index (χ3n) is 1.54. The van der Waals surface area contributed by atoms with Gasteiger partial charge in [-0.1, -0.05) is 0 Å². The van der Waals surface area contributed by atoms with Crippen molar-refractivity contribution < 1.29 is 0 Å². The average Bonchev–Trinajstić information content (AvgIpc) is 2.70. The predicted molar refractivity (Wildman–Crippen MR) is 41.4 cm³/mol. The van der Waals surface area contributed by atoms with Crippen molar-refractivity contribution >= 4 is 23.1 Å². The van der Waals surface area contributed by atoms with Crippen LogP contribution >= 0.6 is 23.1 Å². The van der Waals surface area contributed by atoms with Gasteiger partial charge in [-0.3, -0.25) is 0 Å². The number of hydrogen-bond acceptors (Lipinski definition) is 3. The van der Waals surface area contributed by atoms with Gasteiger partial charge in [0.05, 0.1) is 5.88 Å². The number of rotatable bonds is 2. The molecule has 2 rings (SSSR count). The van der Waals surface area contributed by atoms with Crippen molar-refractivity contribution in [1.82, 2.24) is 9.36 Å². The van der Waals surface area contributed by atoms with E-state index in [4.69, 9.17) is 11.6 Å². The first-order valence-electron chi connectivity index (χ1n) is 3.28. The lowest BCUT2D eigenvalue weighted by Crippen LogP contribution is -1.81. The molecule has 0 amide bonds. The van der Waals surface area contributed by atoms with Crippen molar-refractivity contribution in [1.29, 1.82) is 0 Å².